The number of nitrogens with one attached hydrogen (secondary N) is 2. The fourth-order valence-electron chi connectivity index (χ4n) is 10.9. The van der Waals surface area contributed by atoms with Crippen LogP contribution in [0.5, 0.6) is 0 Å². The molecule has 4 nitrogen and oxygen atoms in total. The van der Waals surface area contributed by atoms with Crippen molar-refractivity contribution in [3.05, 3.63) is 23.8 Å². The zero-order chi connectivity index (χ0) is 35.0. The lowest BCUT2D eigenvalue weighted by molar-refractivity contribution is 0.0110. The first kappa shape index (κ1) is 40.1. The van der Waals surface area contributed by atoms with Crippen molar-refractivity contribution in [2.24, 2.45) is 46.3 Å². The Hall–Kier alpha value is -0.100. The number of alkyl halides is 2. The van der Waals surface area contributed by atoms with Crippen LogP contribution in [0, 0.1) is 46.3 Å². The molecule has 3 aliphatic carbocycles. The second-order valence-electron chi connectivity index (χ2n) is 19.0. The average Bonchev–Trinajstić information content (AvgIpc) is 3.05. The second-order valence-corrected chi connectivity index (χ2v) is 20.3. The van der Waals surface area contributed by atoms with Crippen LogP contribution in [0.1, 0.15) is 125 Å². The molecule has 6 heteroatoms. The molecule has 5 aliphatic rings. The molecular weight excluding hydrogens is 643 g/mol. The number of allylic oxidation sites excluding steroid dienone is 4. The lowest BCUT2D eigenvalue weighted by Gasteiger charge is -2.49. The van der Waals surface area contributed by atoms with Crippen LogP contribution in [-0.4, -0.2) is 85.5 Å². The Balaban J connectivity index is 0.949. The van der Waals surface area contributed by atoms with Crippen molar-refractivity contribution in [1.82, 2.24) is 20.4 Å². The molecule has 0 aromatic heterocycles. The van der Waals surface area contributed by atoms with Crippen LogP contribution in [0.2, 0.25) is 0 Å². The van der Waals surface area contributed by atoms with E-state index in [4.69, 9.17) is 23.2 Å². The van der Waals surface area contributed by atoms with Gasteiger partial charge in [0.15, 0.2) is 0 Å². The number of hydrogen-bond donors (Lipinski definition) is 2. The quantitative estimate of drug-likeness (QED) is 0.100. The van der Waals surface area contributed by atoms with Gasteiger partial charge in [0, 0.05) is 49.5 Å². The van der Waals surface area contributed by atoms with Crippen molar-refractivity contribution in [3.8, 4) is 0 Å². The van der Waals surface area contributed by atoms with Crippen molar-refractivity contribution >= 4 is 23.2 Å². The highest BCUT2D eigenvalue weighted by Crippen LogP contribution is 2.46. The second kappa shape index (κ2) is 18.8. The molecule has 5 rings (SSSR count). The van der Waals surface area contributed by atoms with Gasteiger partial charge >= 0.3 is 0 Å². The Kier molecular flexibility index (Phi) is 15.4. The average molecular weight is 720 g/mol. The maximum atomic E-state index is 6.43. The van der Waals surface area contributed by atoms with E-state index in [1.807, 2.05) is 0 Å². The maximum Gasteiger partial charge on any atom is 0.0373 e. The minimum Gasteiger partial charge on any atom is -0.315 e. The molecule has 6 atom stereocenters. The molecule has 0 aromatic rings. The molecule has 0 radical (unpaired) electrons. The Labute approximate surface area is 313 Å². The molecule has 2 heterocycles. The molecule has 5 unspecified atom stereocenters. The van der Waals surface area contributed by atoms with E-state index in [2.05, 4.69) is 80.2 Å². The first-order valence-corrected chi connectivity index (χ1v) is 21.8. The summed E-state index contributed by atoms with van der Waals surface area (Å²) in [7, 11) is 0. The van der Waals surface area contributed by atoms with Crippen molar-refractivity contribution in [3.63, 3.8) is 0 Å². The SMILES string of the molecule is CC(C)[C@H](CN1CCC(C2=CCC(Cl)CC2)C(C)(C)C1)NCCC1C=CCC(CCNCCN2CCC(C3CCC(Cl)CC3)C(C)(C)C2)C1. The summed E-state index contributed by atoms with van der Waals surface area (Å²) in [5, 5.41) is 8.65. The summed E-state index contributed by atoms with van der Waals surface area (Å²) in [4.78, 5) is 5.50. The van der Waals surface area contributed by atoms with Crippen LogP contribution in [0.25, 0.3) is 0 Å². The number of halogens is 2. The van der Waals surface area contributed by atoms with E-state index in [9.17, 15) is 0 Å². The highest BCUT2D eigenvalue weighted by atomic mass is 35.5. The van der Waals surface area contributed by atoms with Crippen LogP contribution >= 0.6 is 23.2 Å². The van der Waals surface area contributed by atoms with Crippen molar-refractivity contribution < 1.29 is 0 Å². The zero-order valence-corrected chi connectivity index (χ0v) is 34.1. The summed E-state index contributed by atoms with van der Waals surface area (Å²) in [5.74, 6) is 4.71. The normalized spacial score (nSPS) is 35.0. The predicted molar refractivity (Wildman–Crippen MR) is 214 cm³/mol. The summed E-state index contributed by atoms with van der Waals surface area (Å²) in [6.07, 6.45) is 24.0. The van der Waals surface area contributed by atoms with E-state index in [-0.39, 0.29) is 0 Å². The third-order valence-electron chi connectivity index (χ3n) is 13.8. The molecule has 2 saturated heterocycles. The Morgan fingerprint density at radius 3 is 2.27 bits per heavy atom. The maximum absolute atomic E-state index is 6.43. The molecule has 3 fully saturated rings. The summed E-state index contributed by atoms with van der Waals surface area (Å²) in [6, 6.07) is 0.563. The third kappa shape index (κ3) is 11.9. The Morgan fingerprint density at radius 2 is 1.57 bits per heavy atom. The highest BCUT2D eigenvalue weighted by Gasteiger charge is 2.41. The van der Waals surface area contributed by atoms with E-state index in [1.54, 1.807) is 5.57 Å². The molecular formula is C43H76Cl2N4. The van der Waals surface area contributed by atoms with E-state index >= 15 is 0 Å². The molecule has 2 N–H and O–H groups in total. The van der Waals surface area contributed by atoms with Gasteiger partial charge in [-0.2, -0.15) is 0 Å². The summed E-state index contributed by atoms with van der Waals surface area (Å²) in [5.41, 5.74) is 2.45. The monoisotopic (exact) mass is 719 g/mol. The van der Waals surface area contributed by atoms with E-state index < -0.39 is 0 Å². The van der Waals surface area contributed by atoms with Gasteiger partial charge in [-0.15, -0.1) is 23.2 Å². The largest absolute Gasteiger partial charge is 0.315 e. The predicted octanol–water partition coefficient (Wildman–Crippen LogP) is 9.76. The molecule has 282 valence electrons. The smallest absolute Gasteiger partial charge is 0.0373 e. The molecule has 0 bridgehead atoms. The van der Waals surface area contributed by atoms with Gasteiger partial charge in [-0.3, -0.25) is 0 Å². The van der Waals surface area contributed by atoms with Crippen molar-refractivity contribution in [2.75, 3.05) is 58.9 Å². The van der Waals surface area contributed by atoms with Crippen LogP contribution in [0.4, 0.5) is 0 Å². The van der Waals surface area contributed by atoms with Crippen LogP contribution in [0.15, 0.2) is 23.8 Å². The standard InChI is InChI=1S/C43H76Cl2N4/c1-32(2)41(29-49-26-21-40(43(5,6)31-49)36-12-16-38(45)17-13-36)47-23-19-34-9-7-8-33(28-34)18-22-46-24-27-48-25-20-39(42(3,4)30-48)35-10-14-37(44)15-11-35/h7,9,12,32-35,37-41,46-47H,8,10-11,13-31H2,1-6H3/t33?,34?,35?,37?,38?,39?,40?,41-/m0/s1. The van der Waals surface area contributed by atoms with Gasteiger partial charge in [-0.1, -0.05) is 65.3 Å². The van der Waals surface area contributed by atoms with E-state index in [0.717, 1.165) is 62.1 Å². The highest BCUT2D eigenvalue weighted by molar-refractivity contribution is 6.20. The molecule has 49 heavy (non-hydrogen) atoms. The molecule has 0 amide bonds. The summed E-state index contributed by atoms with van der Waals surface area (Å²) < 4.78 is 0. The number of likely N-dealkylation sites (tertiary alicyclic amines) is 2. The topological polar surface area (TPSA) is 30.5 Å². The summed E-state index contributed by atoms with van der Waals surface area (Å²) in [6.45, 7) is 25.7. The van der Waals surface area contributed by atoms with Gasteiger partial charge in [0.1, 0.15) is 0 Å². The van der Waals surface area contributed by atoms with Crippen molar-refractivity contribution in [2.45, 2.75) is 142 Å². The van der Waals surface area contributed by atoms with Crippen LogP contribution < -0.4 is 10.6 Å². The fourth-order valence-corrected chi connectivity index (χ4v) is 11.4. The number of rotatable bonds is 15. The Morgan fingerprint density at radius 1 is 0.816 bits per heavy atom. The van der Waals surface area contributed by atoms with Gasteiger partial charge < -0.3 is 20.4 Å². The molecule has 2 aliphatic heterocycles. The Bertz CT molecular complexity index is 1050. The summed E-state index contributed by atoms with van der Waals surface area (Å²) >= 11 is 12.8. The van der Waals surface area contributed by atoms with E-state index in [1.165, 1.54) is 110 Å². The third-order valence-corrected chi connectivity index (χ3v) is 14.7. The number of piperidine rings is 2. The molecule has 1 saturated carbocycles. The van der Waals surface area contributed by atoms with Crippen LogP contribution in [-0.2, 0) is 0 Å². The van der Waals surface area contributed by atoms with Gasteiger partial charge in [0.05, 0.1) is 0 Å². The number of hydrogen-bond acceptors (Lipinski definition) is 4. The minimum absolute atomic E-state index is 0.333. The first-order chi connectivity index (χ1) is 23.4. The van der Waals surface area contributed by atoms with Crippen LogP contribution in [0.3, 0.4) is 0 Å². The lowest BCUT2D eigenvalue weighted by atomic mass is 9.64. The van der Waals surface area contributed by atoms with Gasteiger partial charge in [-0.05, 0) is 156 Å². The van der Waals surface area contributed by atoms with Crippen molar-refractivity contribution in [1.29, 1.82) is 0 Å². The van der Waals surface area contributed by atoms with Gasteiger partial charge in [-0.25, -0.2) is 0 Å². The lowest BCUT2D eigenvalue weighted by Crippen LogP contribution is -2.52. The fraction of sp³-hybridized carbons (Fsp3) is 0.907. The minimum atomic E-state index is 0.333. The first-order valence-electron chi connectivity index (χ1n) is 20.9. The molecule has 0 spiro atoms. The van der Waals surface area contributed by atoms with E-state index in [0.29, 0.717) is 33.5 Å². The van der Waals surface area contributed by atoms with Gasteiger partial charge in [0.2, 0.25) is 0 Å². The molecule has 0 aromatic carbocycles. The zero-order valence-electron chi connectivity index (χ0n) is 32.6. The number of nitrogens with zero attached hydrogens (tertiary/aromatic N) is 2. The van der Waals surface area contributed by atoms with Gasteiger partial charge in [0.25, 0.3) is 0 Å².